The number of nitrogens with zero attached hydrogens (tertiary/aromatic N) is 3. The van der Waals surface area contributed by atoms with Crippen LogP contribution in [0.1, 0.15) is 25.8 Å². The van der Waals surface area contributed by atoms with Crippen LogP contribution < -0.4 is 10.6 Å². The van der Waals surface area contributed by atoms with E-state index >= 15 is 0 Å². The fraction of sp³-hybridized carbons (Fsp3) is 0.562. The Morgan fingerprint density at radius 2 is 2.15 bits per heavy atom. The second-order valence-corrected chi connectivity index (χ2v) is 5.33. The summed E-state index contributed by atoms with van der Waals surface area (Å²) in [5.41, 5.74) is 8.77. The highest BCUT2D eigenvalue weighted by molar-refractivity contribution is 5.59. The van der Waals surface area contributed by atoms with Crippen molar-refractivity contribution >= 4 is 11.4 Å². The van der Waals surface area contributed by atoms with Gasteiger partial charge in [-0.1, -0.05) is 13.8 Å². The number of hydrogen-bond donors (Lipinski definition) is 1. The van der Waals surface area contributed by atoms with Crippen molar-refractivity contribution in [1.82, 2.24) is 4.90 Å². The number of benzene rings is 1. The first-order valence-corrected chi connectivity index (χ1v) is 7.43. The van der Waals surface area contributed by atoms with Crippen molar-refractivity contribution in [2.24, 2.45) is 0 Å². The van der Waals surface area contributed by atoms with Crippen LogP contribution in [0.2, 0.25) is 0 Å². The van der Waals surface area contributed by atoms with Gasteiger partial charge >= 0.3 is 0 Å². The first kappa shape index (κ1) is 14.7. The molecule has 1 aliphatic heterocycles. The zero-order valence-electron chi connectivity index (χ0n) is 12.5. The molecule has 1 heterocycles. The average molecular weight is 272 g/mol. The monoisotopic (exact) mass is 272 g/mol. The Hall–Kier alpha value is -1.73. The molecule has 2 N–H and O–H groups in total. The summed E-state index contributed by atoms with van der Waals surface area (Å²) in [7, 11) is 0. The van der Waals surface area contributed by atoms with E-state index in [1.165, 1.54) is 12.1 Å². The van der Waals surface area contributed by atoms with Crippen LogP contribution in [0.4, 0.5) is 11.4 Å². The summed E-state index contributed by atoms with van der Waals surface area (Å²) < 4.78 is 0. The Balaban J connectivity index is 2.10. The highest BCUT2D eigenvalue weighted by atomic mass is 15.2. The zero-order valence-corrected chi connectivity index (χ0v) is 12.5. The molecule has 0 spiro atoms. The number of rotatable bonds is 5. The third-order valence-corrected chi connectivity index (χ3v) is 4.25. The molecule has 1 aliphatic rings. The van der Waals surface area contributed by atoms with E-state index in [4.69, 9.17) is 11.0 Å². The van der Waals surface area contributed by atoms with Crippen LogP contribution in [0, 0.1) is 11.3 Å². The molecule has 20 heavy (non-hydrogen) atoms. The Morgan fingerprint density at radius 3 is 2.80 bits per heavy atom. The van der Waals surface area contributed by atoms with E-state index in [0.29, 0.717) is 12.5 Å². The fourth-order valence-electron chi connectivity index (χ4n) is 3.04. The molecule has 2 rings (SSSR count). The maximum Gasteiger partial charge on any atom is 0.0670 e. The summed E-state index contributed by atoms with van der Waals surface area (Å²) >= 11 is 0. The van der Waals surface area contributed by atoms with Gasteiger partial charge in [0, 0.05) is 30.5 Å². The molecule has 1 unspecified atom stereocenters. The van der Waals surface area contributed by atoms with Gasteiger partial charge in [0.1, 0.15) is 0 Å². The molecule has 0 radical (unpaired) electrons. The molecule has 0 bridgehead atoms. The van der Waals surface area contributed by atoms with Gasteiger partial charge in [0.2, 0.25) is 0 Å². The molecular formula is C16H24N4. The Labute approximate surface area is 121 Å². The number of nitrogen functional groups attached to an aromatic ring is 1. The average Bonchev–Trinajstić information content (AvgIpc) is 2.93. The van der Waals surface area contributed by atoms with Crippen molar-refractivity contribution in [3.8, 4) is 6.07 Å². The van der Waals surface area contributed by atoms with Crippen LogP contribution in [0.25, 0.3) is 0 Å². The van der Waals surface area contributed by atoms with Crippen molar-refractivity contribution in [2.45, 2.75) is 32.7 Å². The minimum atomic E-state index is 0.382. The lowest BCUT2D eigenvalue weighted by Gasteiger charge is -2.26. The molecule has 1 saturated heterocycles. The first-order valence-electron chi connectivity index (χ1n) is 7.43. The van der Waals surface area contributed by atoms with Crippen LogP contribution in [0.5, 0.6) is 0 Å². The predicted octanol–water partition coefficient (Wildman–Crippen LogP) is 2.26. The van der Waals surface area contributed by atoms with E-state index < -0.39 is 0 Å². The second kappa shape index (κ2) is 6.62. The van der Waals surface area contributed by atoms with E-state index in [0.717, 1.165) is 37.4 Å². The first-order chi connectivity index (χ1) is 9.69. The van der Waals surface area contributed by atoms with E-state index in [2.05, 4.69) is 41.8 Å². The molecule has 1 fully saturated rings. The Morgan fingerprint density at radius 1 is 1.40 bits per heavy atom. The zero-order chi connectivity index (χ0) is 14.5. The van der Waals surface area contributed by atoms with E-state index in [-0.39, 0.29) is 0 Å². The molecule has 0 saturated carbocycles. The van der Waals surface area contributed by atoms with E-state index in [1.807, 2.05) is 6.07 Å². The van der Waals surface area contributed by atoms with Gasteiger partial charge in [0.15, 0.2) is 0 Å². The molecular weight excluding hydrogens is 248 g/mol. The summed E-state index contributed by atoms with van der Waals surface area (Å²) in [6, 6.07) is 8.89. The molecule has 0 amide bonds. The van der Waals surface area contributed by atoms with Gasteiger partial charge < -0.3 is 10.6 Å². The summed E-state index contributed by atoms with van der Waals surface area (Å²) in [4.78, 5) is 4.93. The Bertz CT molecular complexity index is 488. The fourth-order valence-corrected chi connectivity index (χ4v) is 3.04. The van der Waals surface area contributed by atoms with Crippen LogP contribution in [0.15, 0.2) is 18.2 Å². The van der Waals surface area contributed by atoms with Crippen LogP contribution >= 0.6 is 0 Å². The lowest BCUT2D eigenvalue weighted by molar-refractivity contribution is 0.232. The topological polar surface area (TPSA) is 56.3 Å². The van der Waals surface area contributed by atoms with Crippen LogP contribution in [-0.2, 0) is 6.42 Å². The largest absolute Gasteiger partial charge is 0.398 e. The number of anilines is 2. The molecule has 0 aromatic heterocycles. The van der Waals surface area contributed by atoms with Crippen molar-refractivity contribution in [3.05, 3.63) is 23.8 Å². The highest BCUT2D eigenvalue weighted by Gasteiger charge is 2.26. The van der Waals surface area contributed by atoms with Crippen LogP contribution in [-0.4, -0.2) is 37.1 Å². The molecule has 1 aromatic carbocycles. The number of likely N-dealkylation sites (N-methyl/N-ethyl adjacent to an activating group) is 1. The quantitative estimate of drug-likeness (QED) is 0.835. The normalized spacial score (nSPS) is 18.5. The number of hydrogen-bond acceptors (Lipinski definition) is 4. The SMILES string of the molecule is CCN(CC)C1CCN(c2ccc(N)c(CC#N)c2)C1. The van der Waals surface area contributed by atoms with E-state index in [1.54, 1.807) is 0 Å². The van der Waals surface area contributed by atoms with Crippen molar-refractivity contribution < 1.29 is 0 Å². The van der Waals surface area contributed by atoms with Gasteiger partial charge in [0.25, 0.3) is 0 Å². The van der Waals surface area contributed by atoms with Gasteiger partial charge in [-0.15, -0.1) is 0 Å². The third kappa shape index (κ3) is 3.05. The number of nitriles is 1. The molecule has 4 heteroatoms. The summed E-state index contributed by atoms with van der Waals surface area (Å²) in [6.07, 6.45) is 1.59. The lowest BCUT2D eigenvalue weighted by Crippen LogP contribution is -2.37. The molecule has 108 valence electrons. The number of nitrogens with two attached hydrogens (primary N) is 1. The van der Waals surface area contributed by atoms with Crippen molar-refractivity contribution in [3.63, 3.8) is 0 Å². The molecule has 0 aliphatic carbocycles. The van der Waals surface area contributed by atoms with Gasteiger partial charge in [-0.3, -0.25) is 4.90 Å². The minimum absolute atomic E-state index is 0.382. The van der Waals surface area contributed by atoms with Gasteiger partial charge in [-0.2, -0.15) is 5.26 Å². The predicted molar refractivity (Wildman–Crippen MR) is 83.7 cm³/mol. The minimum Gasteiger partial charge on any atom is -0.398 e. The second-order valence-electron chi connectivity index (χ2n) is 5.33. The summed E-state index contributed by atoms with van der Waals surface area (Å²) in [5.74, 6) is 0. The molecule has 4 nitrogen and oxygen atoms in total. The lowest BCUT2D eigenvalue weighted by atomic mass is 10.1. The standard InChI is InChI=1S/C16H24N4/c1-3-19(4-2)15-8-10-20(12-15)14-5-6-16(18)13(11-14)7-9-17/h5-6,11,15H,3-4,7-8,10,12,18H2,1-2H3. The summed E-state index contributed by atoms with van der Waals surface area (Å²) in [5, 5.41) is 8.85. The van der Waals surface area contributed by atoms with Gasteiger partial charge in [0.05, 0.1) is 12.5 Å². The Kier molecular flexibility index (Phi) is 4.86. The summed E-state index contributed by atoms with van der Waals surface area (Å²) in [6.45, 7) is 8.81. The molecule has 1 aromatic rings. The van der Waals surface area contributed by atoms with E-state index in [9.17, 15) is 0 Å². The molecule has 1 atom stereocenters. The van der Waals surface area contributed by atoms with Gasteiger partial charge in [-0.05, 0) is 43.3 Å². The van der Waals surface area contributed by atoms with Crippen LogP contribution in [0.3, 0.4) is 0 Å². The van der Waals surface area contributed by atoms with Gasteiger partial charge in [-0.25, -0.2) is 0 Å². The smallest absolute Gasteiger partial charge is 0.0670 e. The highest BCUT2D eigenvalue weighted by Crippen LogP contribution is 2.26. The maximum atomic E-state index is 8.85. The third-order valence-electron chi connectivity index (χ3n) is 4.25. The maximum absolute atomic E-state index is 8.85. The van der Waals surface area contributed by atoms with Crippen molar-refractivity contribution in [1.29, 1.82) is 5.26 Å². The van der Waals surface area contributed by atoms with Crippen molar-refractivity contribution in [2.75, 3.05) is 36.8 Å².